The standard InChI is InChI=1S/C13H16F3NO/c1-8(18)5-9-7-17(2)12-4-3-10(6-11(9)12)13(14,15)16/h3-4,6,8-9,18H,5,7H2,1-2H3. The lowest BCUT2D eigenvalue weighted by molar-refractivity contribution is -0.137. The summed E-state index contributed by atoms with van der Waals surface area (Å²) in [6, 6.07) is 3.84. The molecule has 0 amide bonds. The van der Waals surface area contributed by atoms with Crippen molar-refractivity contribution in [1.29, 1.82) is 0 Å². The van der Waals surface area contributed by atoms with Crippen LogP contribution in [0.25, 0.3) is 0 Å². The van der Waals surface area contributed by atoms with Crippen molar-refractivity contribution < 1.29 is 18.3 Å². The van der Waals surface area contributed by atoms with Crippen molar-refractivity contribution in [3.63, 3.8) is 0 Å². The Labute approximate surface area is 104 Å². The summed E-state index contributed by atoms with van der Waals surface area (Å²) < 4.78 is 38.0. The third kappa shape index (κ3) is 2.46. The molecular weight excluding hydrogens is 243 g/mol. The lowest BCUT2D eigenvalue weighted by Crippen LogP contribution is -2.17. The zero-order valence-corrected chi connectivity index (χ0v) is 10.3. The van der Waals surface area contributed by atoms with Gasteiger partial charge in [0, 0.05) is 25.2 Å². The Morgan fingerprint density at radius 3 is 2.67 bits per heavy atom. The van der Waals surface area contributed by atoms with Gasteiger partial charge in [-0.25, -0.2) is 0 Å². The van der Waals surface area contributed by atoms with Gasteiger partial charge in [-0.05, 0) is 37.1 Å². The van der Waals surface area contributed by atoms with Crippen LogP contribution in [0.15, 0.2) is 18.2 Å². The van der Waals surface area contributed by atoms with Gasteiger partial charge < -0.3 is 10.0 Å². The molecule has 2 nitrogen and oxygen atoms in total. The lowest BCUT2D eigenvalue weighted by atomic mass is 9.94. The summed E-state index contributed by atoms with van der Waals surface area (Å²) >= 11 is 0. The number of aliphatic hydroxyl groups is 1. The highest BCUT2D eigenvalue weighted by Gasteiger charge is 2.34. The first-order valence-corrected chi connectivity index (χ1v) is 5.89. The lowest BCUT2D eigenvalue weighted by Gasteiger charge is -2.14. The number of alkyl halides is 3. The highest BCUT2D eigenvalue weighted by atomic mass is 19.4. The molecule has 0 aromatic heterocycles. The van der Waals surface area contributed by atoms with Gasteiger partial charge >= 0.3 is 6.18 Å². The van der Waals surface area contributed by atoms with Crippen molar-refractivity contribution in [3.8, 4) is 0 Å². The Bertz CT molecular complexity index is 440. The Hall–Kier alpha value is -1.23. The molecule has 0 bridgehead atoms. The van der Waals surface area contributed by atoms with Gasteiger partial charge in [0.1, 0.15) is 0 Å². The van der Waals surface area contributed by atoms with Gasteiger partial charge in [-0.1, -0.05) is 0 Å². The van der Waals surface area contributed by atoms with Crippen LogP contribution in [-0.2, 0) is 6.18 Å². The summed E-state index contributed by atoms with van der Waals surface area (Å²) in [5, 5.41) is 9.41. The molecule has 0 saturated heterocycles. The van der Waals surface area contributed by atoms with E-state index in [1.165, 1.54) is 12.1 Å². The van der Waals surface area contributed by atoms with Crippen LogP contribution in [0.2, 0.25) is 0 Å². The molecule has 18 heavy (non-hydrogen) atoms. The molecule has 1 aliphatic rings. The number of aliphatic hydroxyl groups excluding tert-OH is 1. The number of benzene rings is 1. The topological polar surface area (TPSA) is 23.5 Å². The monoisotopic (exact) mass is 259 g/mol. The summed E-state index contributed by atoms with van der Waals surface area (Å²) in [4.78, 5) is 1.93. The first-order chi connectivity index (χ1) is 8.29. The molecule has 0 aliphatic carbocycles. The fraction of sp³-hybridized carbons (Fsp3) is 0.538. The molecule has 2 unspecified atom stereocenters. The maximum Gasteiger partial charge on any atom is 0.416 e. The number of likely N-dealkylation sites (N-methyl/N-ethyl adjacent to an activating group) is 1. The summed E-state index contributed by atoms with van der Waals surface area (Å²) in [6.07, 6.45) is -4.34. The average Bonchev–Trinajstić information content (AvgIpc) is 2.53. The Balaban J connectivity index is 2.37. The van der Waals surface area contributed by atoms with E-state index < -0.39 is 17.8 Å². The van der Waals surface area contributed by atoms with E-state index in [0.29, 0.717) is 18.5 Å². The molecule has 0 fully saturated rings. The number of halogens is 3. The molecule has 1 aromatic rings. The maximum absolute atomic E-state index is 12.7. The number of anilines is 1. The van der Waals surface area contributed by atoms with Crippen LogP contribution >= 0.6 is 0 Å². The molecule has 0 radical (unpaired) electrons. The van der Waals surface area contributed by atoms with E-state index in [9.17, 15) is 18.3 Å². The van der Waals surface area contributed by atoms with Gasteiger partial charge in [-0.2, -0.15) is 13.2 Å². The first kappa shape index (κ1) is 13.2. The smallest absolute Gasteiger partial charge is 0.393 e. The van der Waals surface area contributed by atoms with Crippen molar-refractivity contribution in [1.82, 2.24) is 0 Å². The molecule has 1 aliphatic heterocycles. The third-order valence-corrected chi connectivity index (χ3v) is 3.33. The highest BCUT2D eigenvalue weighted by molar-refractivity contribution is 5.61. The summed E-state index contributed by atoms with van der Waals surface area (Å²) in [7, 11) is 1.86. The summed E-state index contributed by atoms with van der Waals surface area (Å²) in [5.41, 5.74) is 0.897. The van der Waals surface area contributed by atoms with E-state index in [1.807, 2.05) is 11.9 Å². The van der Waals surface area contributed by atoms with Crippen LogP contribution in [0.5, 0.6) is 0 Å². The van der Waals surface area contributed by atoms with Gasteiger partial charge in [-0.15, -0.1) is 0 Å². The minimum absolute atomic E-state index is 0.0349. The van der Waals surface area contributed by atoms with Gasteiger partial charge in [0.2, 0.25) is 0 Å². The van der Waals surface area contributed by atoms with E-state index >= 15 is 0 Å². The molecule has 0 spiro atoms. The number of hydrogen-bond acceptors (Lipinski definition) is 2. The number of fused-ring (bicyclic) bond motifs is 1. The van der Waals surface area contributed by atoms with E-state index in [0.717, 1.165) is 11.8 Å². The second-order valence-electron chi connectivity index (χ2n) is 4.93. The molecule has 100 valence electrons. The SMILES string of the molecule is CC(O)CC1CN(C)c2ccc(C(F)(F)F)cc21. The van der Waals surface area contributed by atoms with Gasteiger partial charge in [0.05, 0.1) is 11.7 Å². The van der Waals surface area contributed by atoms with Crippen LogP contribution in [0.1, 0.15) is 30.4 Å². The fourth-order valence-electron chi connectivity index (χ4n) is 2.55. The van der Waals surface area contributed by atoms with Crippen LogP contribution in [0, 0.1) is 0 Å². The van der Waals surface area contributed by atoms with Crippen molar-refractivity contribution in [2.24, 2.45) is 0 Å². The molecule has 5 heteroatoms. The maximum atomic E-state index is 12.7. The van der Waals surface area contributed by atoms with E-state index in [2.05, 4.69) is 0 Å². The van der Waals surface area contributed by atoms with Crippen molar-refractivity contribution in [2.45, 2.75) is 31.5 Å². The highest BCUT2D eigenvalue weighted by Crippen LogP contribution is 2.41. The van der Waals surface area contributed by atoms with Gasteiger partial charge in [-0.3, -0.25) is 0 Å². The van der Waals surface area contributed by atoms with Gasteiger partial charge in [0.15, 0.2) is 0 Å². The van der Waals surface area contributed by atoms with Crippen LogP contribution in [-0.4, -0.2) is 24.8 Å². The summed E-state index contributed by atoms with van der Waals surface area (Å²) in [6.45, 7) is 2.31. The predicted octanol–water partition coefficient (Wildman–Crippen LogP) is 3.01. The van der Waals surface area contributed by atoms with Crippen LogP contribution in [0.3, 0.4) is 0 Å². The van der Waals surface area contributed by atoms with E-state index in [-0.39, 0.29) is 5.92 Å². The fourth-order valence-corrected chi connectivity index (χ4v) is 2.55. The Morgan fingerprint density at radius 1 is 1.44 bits per heavy atom. The average molecular weight is 259 g/mol. The number of hydrogen-bond donors (Lipinski definition) is 1. The zero-order valence-electron chi connectivity index (χ0n) is 10.3. The van der Waals surface area contributed by atoms with Crippen molar-refractivity contribution in [3.05, 3.63) is 29.3 Å². The molecule has 0 saturated carbocycles. The third-order valence-electron chi connectivity index (χ3n) is 3.33. The van der Waals surface area contributed by atoms with E-state index in [4.69, 9.17) is 0 Å². The van der Waals surface area contributed by atoms with E-state index in [1.54, 1.807) is 6.92 Å². The first-order valence-electron chi connectivity index (χ1n) is 5.89. The quantitative estimate of drug-likeness (QED) is 0.882. The minimum atomic E-state index is -4.31. The number of nitrogens with zero attached hydrogens (tertiary/aromatic N) is 1. The molecular formula is C13H16F3NO. The molecule has 1 N–H and O–H groups in total. The van der Waals surface area contributed by atoms with Crippen LogP contribution < -0.4 is 4.90 Å². The molecule has 2 atom stereocenters. The van der Waals surface area contributed by atoms with Gasteiger partial charge in [0.25, 0.3) is 0 Å². The second kappa shape index (κ2) is 4.46. The minimum Gasteiger partial charge on any atom is -0.393 e. The Kier molecular flexibility index (Phi) is 3.27. The van der Waals surface area contributed by atoms with Crippen LogP contribution in [0.4, 0.5) is 18.9 Å². The molecule has 2 rings (SSSR count). The molecule has 1 heterocycles. The largest absolute Gasteiger partial charge is 0.416 e. The predicted molar refractivity (Wildman–Crippen MR) is 63.8 cm³/mol. The van der Waals surface area contributed by atoms with Crippen molar-refractivity contribution in [2.75, 3.05) is 18.5 Å². The summed E-state index contributed by atoms with van der Waals surface area (Å²) in [5.74, 6) is -0.0349. The number of rotatable bonds is 2. The normalized spacial score (nSPS) is 21.0. The Morgan fingerprint density at radius 2 is 2.11 bits per heavy atom. The van der Waals surface area contributed by atoms with Crippen molar-refractivity contribution >= 4 is 5.69 Å². The zero-order chi connectivity index (χ0) is 13.5. The second-order valence-corrected chi connectivity index (χ2v) is 4.93. The molecule has 1 aromatic carbocycles.